The summed E-state index contributed by atoms with van der Waals surface area (Å²) in [7, 11) is 2.16. The first kappa shape index (κ1) is 23.6. The minimum Gasteiger partial charge on any atom is -0.370 e. The van der Waals surface area contributed by atoms with Crippen molar-refractivity contribution in [1.29, 1.82) is 0 Å². The molecule has 178 valence electrons. The van der Waals surface area contributed by atoms with Crippen molar-refractivity contribution in [2.45, 2.75) is 20.3 Å². The Morgan fingerprint density at radius 2 is 1.44 bits per heavy atom. The van der Waals surface area contributed by atoms with Gasteiger partial charge in [0, 0.05) is 42.2 Å². The molecule has 0 spiro atoms. The van der Waals surface area contributed by atoms with E-state index in [2.05, 4.69) is 129 Å². The highest BCUT2D eigenvalue weighted by Crippen LogP contribution is 2.31. The Balaban J connectivity index is 1.49. The van der Waals surface area contributed by atoms with Crippen molar-refractivity contribution < 1.29 is 0 Å². The average Bonchev–Trinajstić information content (AvgIpc) is 2.93. The molecule has 0 saturated carbocycles. The molecule has 1 aliphatic heterocycles. The van der Waals surface area contributed by atoms with Gasteiger partial charge in [0.05, 0.1) is 5.69 Å². The van der Waals surface area contributed by atoms with Gasteiger partial charge in [-0.05, 0) is 53.3 Å². The second kappa shape index (κ2) is 10.6. The molecule has 5 rings (SSSR count). The minimum absolute atomic E-state index is 0.944. The number of pyridine rings is 1. The first-order valence-electron chi connectivity index (χ1n) is 12.6. The largest absolute Gasteiger partial charge is 0.370 e. The molecule has 0 bridgehead atoms. The number of benzene rings is 3. The molecule has 0 fully saturated rings. The van der Waals surface area contributed by atoms with Crippen LogP contribution in [0, 0.1) is 6.92 Å². The van der Waals surface area contributed by atoms with Gasteiger partial charge in [0.2, 0.25) is 0 Å². The van der Waals surface area contributed by atoms with Crippen LogP contribution in [0.15, 0.2) is 109 Å². The van der Waals surface area contributed by atoms with E-state index in [1.54, 1.807) is 0 Å². The van der Waals surface area contributed by atoms with E-state index >= 15 is 0 Å². The molecule has 36 heavy (non-hydrogen) atoms. The molecule has 0 unspecified atom stereocenters. The summed E-state index contributed by atoms with van der Waals surface area (Å²) in [5, 5.41) is 0. The summed E-state index contributed by atoms with van der Waals surface area (Å²) < 4.78 is 0. The number of nitrogens with zero attached hydrogens (tertiary/aromatic N) is 2. The molecule has 0 atom stereocenters. The molecule has 0 amide bonds. The number of hydrogen-bond acceptors (Lipinski definition) is 2. The van der Waals surface area contributed by atoms with Crippen molar-refractivity contribution in [1.82, 2.24) is 9.88 Å². The molecular formula is C34H32N2. The van der Waals surface area contributed by atoms with Crippen LogP contribution < -0.4 is 0 Å². The van der Waals surface area contributed by atoms with Crippen molar-refractivity contribution in [3.05, 3.63) is 131 Å². The second-order valence-corrected chi connectivity index (χ2v) is 9.30. The zero-order valence-corrected chi connectivity index (χ0v) is 21.3. The van der Waals surface area contributed by atoms with Gasteiger partial charge in [-0.25, -0.2) is 0 Å². The van der Waals surface area contributed by atoms with Crippen LogP contribution in [0.4, 0.5) is 0 Å². The first-order chi connectivity index (χ1) is 17.6. The second-order valence-electron chi connectivity index (χ2n) is 9.30. The predicted octanol–water partition coefficient (Wildman–Crippen LogP) is 8.52. The highest BCUT2D eigenvalue weighted by molar-refractivity contribution is 5.84. The Hall–Kier alpha value is -4.17. The third-order valence-electron chi connectivity index (χ3n) is 6.88. The molecule has 0 N–H and O–H groups in total. The molecular weight excluding hydrogens is 436 g/mol. The summed E-state index contributed by atoms with van der Waals surface area (Å²) in [4.78, 5) is 7.18. The van der Waals surface area contributed by atoms with Gasteiger partial charge in [-0.15, -0.1) is 0 Å². The fraction of sp³-hybridized carbons (Fsp3) is 0.147. The van der Waals surface area contributed by atoms with Crippen LogP contribution in [-0.2, 0) is 0 Å². The third kappa shape index (κ3) is 4.94. The number of aryl methyl sites for hydroxylation is 1. The molecule has 1 aromatic heterocycles. The lowest BCUT2D eigenvalue weighted by atomic mass is 9.96. The van der Waals surface area contributed by atoms with Crippen LogP contribution in [0.25, 0.3) is 40.2 Å². The number of hydrogen-bond donors (Lipinski definition) is 0. The molecule has 0 radical (unpaired) electrons. The Morgan fingerprint density at radius 3 is 2.14 bits per heavy atom. The van der Waals surface area contributed by atoms with Crippen molar-refractivity contribution in [3.63, 3.8) is 0 Å². The fourth-order valence-corrected chi connectivity index (χ4v) is 4.78. The fourth-order valence-electron chi connectivity index (χ4n) is 4.78. The lowest BCUT2D eigenvalue weighted by Crippen LogP contribution is -2.20. The third-order valence-corrected chi connectivity index (χ3v) is 6.88. The predicted molar refractivity (Wildman–Crippen MR) is 154 cm³/mol. The molecule has 3 aromatic carbocycles. The van der Waals surface area contributed by atoms with E-state index in [-0.39, 0.29) is 0 Å². The average molecular weight is 469 g/mol. The molecule has 0 saturated heterocycles. The quantitative estimate of drug-likeness (QED) is 0.264. The highest BCUT2D eigenvalue weighted by atomic mass is 15.1. The maximum atomic E-state index is 4.86. The van der Waals surface area contributed by atoms with Gasteiger partial charge in [-0.1, -0.05) is 104 Å². The topological polar surface area (TPSA) is 16.1 Å². The number of likely N-dealkylation sites (N-methyl/N-ethyl adjacent to an activating group) is 1. The summed E-state index contributed by atoms with van der Waals surface area (Å²) in [5.74, 6) is 0. The molecule has 1 aliphatic rings. The van der Waals surface area contributed by atoms with Crippen LogP contribution in [-0.4, -0.2) is 23.5 Å². The van der Waals surface area contributed by atoms with Crippen LogP contribution in [0.3, 0.4) is 0 Å². The van der Waals surface area contributed by atoms with E-state index in [1.807, 2.05) is 12.3 Å². The van der Waals surface area contributed by atoms with E-state index < -0.39 is 0 Å². The Labute approximate surface area is 215 Å². The van der Waals surface area contributed by atoms with Gasteiger partial charge >= 0.3 is 0 Å². The van der Waals surface area contributed by atoms with Crippen molar-refractivity contribution >= 4 is 17.8 Å². The van der Waals surface area contributed by atoms with Gasteiger partial charge in [0.1, 0.15) is 0 Å². The van der Waals surface area contributed by atoms with Gasteiger partial charge in [0.15, 0.2) is 0 Å². The lowest BCUT2D eigenvalue weighted by Gasteiger charge is -2.27. The van der Waals surface area contributed by atoms with Crippen LogP contribution in [0.1, 0.15) is 35.6 Å². The Kier molecular flexibility index (Phi) is 6.95. The summed E-state index contributed by atoms with van der Waals surface area (Å²) >= 11 is 0. The normalized spacial score (nSPS) is 13.6. The lowest BCUT2D eigenvalue weighted by molar-refractivity contribution is 0.527. The first-order valence-corrected chi connectivity index (χ1v) is 12.6. The van der Waals surface area contributed by atoms with Crippen LogP contribution in [0.2, 0.25) is 0 Å². The van der Waals surface area contributed by atoms with Crippen LogP contribution >= 0.6 is 0 Å². The molecule has 2 nitrogen and oxygen atoms in total. The van der Waals surface area contributed by atoms with E-state index in [9.17, 15) is 0 Å². The van der Waals surface area contributed by atoms with E-state index in [0.29, 0.717) is 0 Å². The number of aromatic nitrogens is 1. The smallest absolute Gasteiger partial charge is 0.0711 e. The van der Waals surface area contributed by atoms with Gasteiger partial charge in [-0.3, -0.25) is 4.98 Å². The van der Waals surface area contributed by atoms with Crippen LogP contribution in [0.5, 0.6) is 0 Å². The monoisotopic (exact) mass is 468 g/mol. The van der Waals surface area contributed by atoms with Crippen molar-refractivity contribution in [3.8, 4) is 22.4 Å². The standard InChI is InChI=1S/C34H32N2/c1-4-26-20-21-36(3)34(23-26)31-17-11-9-15-29(31)19-18-28-14-8-10-16-30(28)33-22-25(2)32(24-35-33)27-12-6-5-7-13-27/h5-20,22-24H,4,21H2,1-3H3/b19-18+. The zero-order valence-electron chi connectivity index (χ0n) is 21.3. The molecule has 4 aromatic rings. The Morgan fingerprint density at radius 1 is 0.806 bits per heavy atom. The van der Waals surface area contributed by atoms with Crippen molar-refractivity contribution in [2.75, 3.05) is 13.6 Å². The maximum absolute atomic E-state index is 4.86. The van der Waals surface area contributed by atoms with Gasteiger partial charge in [-0.2, -0.15) is 0 Å². The summed E-state index contributed by atoms with van der Waals surface area (Å²) in [6.45, 7) is 5.33. The number of allylic oxidation sites excluding steroid dienone is 2. The summed E-state index contributed by atoms with van der Waals surface area (Å²) in [6, 6.07) is 29.8. The number of rotatable bonds is 6. The molecule has 2 heterocycles. The van der Waals surface area contributed by atoms with E-state index in [4.69, 9.17) is 4.98 Å². The summed E-state index contributed by atoms with van der Waals surface area (Å²) in [5.41, 5.74) is 12.0. The maximum Gasteiger partial charge on any atom is 0.0711 e. The SMILES string of the molecule is CCC1=CCN(C)C(c2ccccc2/C=C/c2ccccc2-c2cc(C)c(-c3ccccc3)cn2)=C1. The summed E-state index contributed by atoms with van der Waals surface area (Å²) in [6.07, 6.45) is 12.1. The van der Waals surface area contributed by atoms with E-state index in [1.165, 1.54) is 39.1 Å². The van der Waals surface area contributed by atoms with Gasteiger partial charge in [0.25, 0.3) is 0 Å². The zero-order chi connectivity index (χ0) is 24.9. The van der Waals surface area contributed by atoms with Gasteiger partial charge < -0.3 is 4.90 Å². The van der Waals surface area contributed by atoms with Crippen molar-refractivity contribution in [2.24, 2.45) is 0 Å². The Bertz CT molecular complexity index is 1460. The molecule has 0 aliphatic carbocycles. The minimum atomic E-state index is 0.944. The van der Waals surface area contributed by atoms with E-state index in [0.717, 1.165) is 29.8 Å². The molecule has 2 heteroatoms. The highest BCUT2D eigenvalue weighted by Gasteiger charge is 2.14.